The second kappa shape index (κ2) is 7.53. The average molecular weight is 309 g/mol. The lowest BCUT2D eigenvalue weighted by Gasteiger charge is -2.04. The molecule has 21 heavy (non-hydrogen) atoms. The van der Waals surface area contributed by atoms with Gasteiger partial charge in [-0.25, -0.2) is 0 Å². The number of hydrogen-bond acceptors (Lipinski definition) is 4. The first-order valence-corrected chi connectivity index (χ1v) is 7.32. The molecule has 0 radical (unpaired) electrons. The Morgan fingerprint density at radius 1 is 0.952 bits per heavy atom. The van der Waals surface area contributed by atoms with E-state index < -0.39 is 22.1 Å². The molecule has 0 saturated carbocycles. The number of benzene rings is 2. The van der Waals surface area contributed by atoms with Crippen LogP contribution in [0.25, 0.3) is 0 Å². The average Bonchev–Trinajstić information content (AvgIpc) is 2.48. The van der Waals surface area contributed by atoms with Crippen molar-refractivity contribution in [1.82, 2.24) is 0 Å². The van der Waals surface area contributed by atoms with Gasteiger partial charge >= 0.3 is 5.97 Å². The zero-order chi connectivity index (χ0) is 15.9. The van der Waals surface area contributed by atoms with Crippen LogP contribution in [-0.4, -0.2) is 24.0 Å². The van der Waals surface area contributed by atoms with Gasteiger partial charge in [-0.1, -0.05) is 48.5 Å². The van der Waals surface area contributed by atoms with Crippen LogP contribution in [0.15, 0.2) is 65.6 Å². The summed E-state index contributed by atoms with van der Waals surface area (Å²) in [5, 5.41) is 8.51. The summed E-state index contributed by atoms with van der Waals surface area (Å²) < 4.78 is 29.2. The molecule has 2 aromatic rings. The van der Waals surface area contributed by atoms with Gasteiger partial charge < -0.3 is 10.8 Å². The SMILES string of the molecule is NC(C(=O)O)c1ccccc1.O=S(=O)(O)c1ccccc1. The smallest absolute Gasteiger partial charge is 0.325 e. The number of hydrogen-bond donors (Lipinski definition) is 3. The fraction of sp³-hybridized carbons (Fsp3) is 0.0714. The van der Waals surface area contributed by atoms with Gasteiger partial charge in [-0.3, -0.25) is 9.35 Å². The van der Waals surface area contributed by atoms with Crippen molar-refractivity contribution >= 4 is 16.1 Å². The molecule has 0 bridgehead atoms. The predicted octanol–water partition coefficient (Wildman–Crippen LogP) is 1.70. The van der Waals surface area contributed by atoms with Crippen LogP contribution < -0.4 is 5.73 Å². The van der Waals surface area contributed by atoms with Crippen LogP contribution in [0.2, 0.25) is 0 Å². The van der Waals surface area contributed by atoms with Gasteiger partial charge in [-0.15, -0.1) is 0 Å². The summed E-state index contributed by atoms with van der Waals surface area (Å²) in [4.78, 5) is 10.3. The van der Waals surface area contributed by atoms with Gasteiger partial charge in [0, 0.05) is 0 Å². The van der Waals surface area contributed by atoms with Gasteiger partial charge in [-0.05, 0) is 17.7 Å². The monoisotopic (exact) mass is 309 g/mol. The Morgan fingerprint density at radius 3 is 1.71 bits per heavy atom. The normalized spacial score (nSPS) is 11.9. The van der Waals surface area contributed by atoms with Crippen molar-refractivity contribution in [3.8, 4) is 0 Å². The largest absolute Gasteiger partial charge is 0.480 e. The van der Waals surface area contributed by atoms with E-state index in [-0.39, 0.29) is 4.90 Å². The molecule has 0 spiro atoms. The molecule has 112 valence electrons. The highest BCUT2D eigenvalue weighted by atomic mass is 32.2. The summed E-state index contributed by atoms with van der Waals surface area (Å²) in [6, 6.07) is 15.2. The molecule has 0 aliphatic rings. The van der Waals surface area contributed by atoms with Gasteiger partial charge in [0.15, 0.2) is 0 Å². The topological polar surface area (TPSA) is 118 Å². The Hall–Kier alpha value is -2.22. The Bertz CT molecular complexity index is 671. The number of carbonyl (C=O) groups is 1. The van der Waals surface area contributed by atoms with Crippen LogP contribution in [0.4, 0.5) is 0 Å². The molecule has 0 aliphatic heterocycles. The minimum absolute atomic E-state index is 0.0741. The summed E-state index contributed by atoms with van der Waals surface area (Å²) in [5.74, 6) is -1.00. The molecular weight excluding hydrogens is 294 g/mol. The summed E-state index contributed by atoms with van der Waals surface area (Å²) >= 11 is 0. The molecule has 7 heteroatoms. The maximum Gasteiger partial charge on any atom is 0.325 e. The zero-order valence-corrected chi connectivity index (χ0v) is 11.8. The molecule has 2 aromatic carbocycles. The molecule has 1 unspecified atom stereocenters. The highest BCUT2D eigenvalue weighted by Gasteiger charge is 2.12. The van der Waals surface area contributed by atoms with Gasteiger partial charge in [0.1, 0.15) is 6.04 Å². The molecule has 0 aromatic heterocycles. The van der Waals surface area contributed by atoms with E-state index in [0.29, 0.717) is 5.56 Å². The third-order valence-electron chi connectivity index (χ3n) is 2.47. The quantitative estimate of drug-likeness (QED) is 0.743. The van der Waals surface area contributed by atoms with E-state index in [0.717, 1.165) is 0 Å². The molecular formula is C14H15NO5S. The summed E-state index contributed by atoms with van der Waals surface area (Å²) in [6.07, 6.45) is 0. The molecule has 2 rings (SSSR count). The van der Waals surface area contributed by atoms with E-state index in [2.05, 4.69) is 0 Å². The van der Waals surface area contributed by atoms with Crippen LogP contribution in [0.3, 0.4) is 0 Å². The maximum atomic E-state index is 10.4. The summed E-state index contributed by atoms with van der Waals surface area (Å²) in [5.41, 5.74) is 5.96. The van der Waals surface area contributed by atoms with Gasteiger partial charge in [0.25, 0.3) is 10.1 Å². The number of rotatable bonds is 3. The number of carboxylic acids is 1. The van der Waals surface area contributed by atoms with E-state index in [1.807, 2.05) is 6.07 Å². The second-order valence-corrected chi connectivity index (χ2v) is 5.44. The highest BCUT2D eigenvalue weighted by Crippen LogP contribution is 2.08. The maximum absolute atomic E-state index is 10.4. The lowest BCUT2D eigenvalue weighted by molar-refractivity contribution is -0.138. The van der Waals surface area contributed by atoms with Gasteiger partial charge in [0.05, 0.1) is 4.90 Å². The highest BCUT2D eigenvalue weighted by molar-refractivity contribution is 7.85. The zero-order valence-electron chi connectivity index (χ0n) is 11.0. The van der Waals surface area contributed by atoms with Crippen molar-refractivity contribution in [3.63, 3.8) is 0 Å². The molecule has 0 aliphatic carbocycles. The first kappa shape index (κ1) is 16.8. The van der Waals surface area contributed by atoms with Crippen molar-refractivity contribution in [2.45, 2.75) is 10.9 Å². The molecule has 0 amide bonds. The lowest BCUT2D eigenvalue weighted by Crippen LogP contribution is -2.20. The Balaban J connectivity index is 0.000000211. The molecule has 0 heterocycles. The summed E-state index contributed by atoms with van der Waals surface area (Å²) in [6.45, 7) is 0. The van der Waals surface area contributed by atoms with Crippen molar-refractivity contribution in [3.05, 3.63) is 66.2 Å². The van der Waals surface area contributed by atoms with E-state index in [1.165, 1.54) is 12.1 Å². The lowest BCUT2D eigenvalue weighted by atomic mass is 10.1. The molecule has 0 fully saturated rings. The van der Waals surface area contributed by atoms with Crippen molar-refractivity contribution < 1.29 is 22.9 Å². The van der Waals surface area contributed by atoms with Crippen LogP contribution in [0.5, 0.6) is 0 Å². The van der Waals surface area contributed by atoms with Crippen LogP contribution in [0, 0.1) is 0 Å². The first-order chi connectivity index (χ1) is 9.82. The Kier molecular flexibility index (Phi) is 6.04. The number of nitrogens with two attached hydrogens (primary N) is 1. The van der Waals surface area contributed by atoms with E-state index in [4.69, 9.17) is 15.4 Å². The van der Waals surface area contributed by atoms with Crippen molar-refractivity contribution in [2.24, 2.45) is 5.73 Å². The third kappa shape index (κ3) is 5.74. The first-order valence-electron chi connectivity index (χ1n) is 5.88. The van der Waals surface area contributed by atoms with Crippen molar-refractivity contribution in [2.75, 3.05) is 0 Å². The van der Waals surface area contributed by atoms with Crippen LogP contribution >= 0.6 is 0 Å². The van der Waals surface area contributed by atoms with E-state index in [1.54, 1.807) is 42.5 Å². The Morgan fingerprint density at radius 2 is 1.38 bits per heavy atom. The minimum atomic E-state index is -4.00. The van der Waals surface area contributed by atoms with E-state index in [9.17, 15) is 13.2 Å². The number of carboxylic acid groups (broad SMARTS) is 1. The summed E-state index contributed by atoms with van der Waals surface area (Å²) in [7, 11) is -4.00. The van der Waals surface area contributed by atoms with E-state index >= 15 is 0 Å². The van der Waals surface area contributed by atoms with Gasteiger partial charge in [0.2, 0.25) is 0 Å². The number of aliphatic carboxylic acids is 1. The molecule has 6 nitrogen and oxygen atoms in total. The molecule has 4 N–H and O–H groups in total. The second-order valence-electron chi connectivity index (χ2n) is 4.01. The molecule has 0 saturated heterocycles. The Labute approximate surface area is 122 Å². The standard InChI is InChI=1S/C8H9NO2.C6H6O3S/c9-7(8(10)11)6-4-2-1-3-5-6;7-10(8,9)6-4-2-1-3-5-6/h1-5,7H,9H2,(H,10,11);1-5H,(H,7,8,9). The molecule has 1 atom stereocenters. The van der Waals surface area contributed by atoms with Crippen molar-refractivity contribution in [1.29, 1.82) is 0 Å². The van der Waals surface area contributed by atoms with Crippen LogP contribution in [-0.2, 0) is 14.9 Å². The fourth-order valence-corrected chi connectivity index (χ4v) is 1.90. The van der Waals surface area contributed by atoms with Crippen LogP contribution in [0.1, 0.15) is 11.6 Å². The predicted molar refractivity (Wildman–Crippen MR) is 77.3 cm³/mol. The minimum Gasteiger partial charge on any atom is -0.480 e. The third-order valence-corrected chi connectivity index (χ3v) is 3.33. The fourth-order valence-electron chi connectivity index (χ4n) is 1.40. The van der Waals surface area contributed by atoms with Gasteiger partial charge in [-0.2, -0.15) is 8.42 Å².